The standard InChI is InChI=1S/C24H20BrN6O2/c25-20-8-4-5-18(15-20)17-30(14-13-26-23-10-9-21(16-28-23)31(32)33)24-27-12-11-22(29-24)19-6-2-1-3-7-19/h2-12,15-16H,13-14,17H2,(H,26,28). The zero-order valence-electron chi connectivity index (χ0n) is 17.6. The summed E-state index contributed by atoms with van der Waals surface area (Å²) in [5.41, 5.74) is 2.90. The molecule has 4 aromatic rings. The van der Waals surface area contributed by atoms with Gasteiger partial charge in [0, 0.05) is 41.9 Å². The molecule has 0 saturated carbocycles. The number of hydrogen-bond donors (Lipinski definition) is 1. The normalized spacial score (nSPS) is 10.6. The van der Waals surface area contributed by atoms with Crippen LogP contribution in [0.4, 0.5) is 17.5 Å². The summed E-state index contributed by atoms with van der Waals surface area (Å²) in [6.07, 6.45) is 3.00. The topological polar surface area (TPSA) is 97.1 Å². The Kier molecular flexibility index (Phi) is 7.21. The fourth-order valence-corrected chi connectivity index (χ4v) is 3.69. The molecule has 2 heterocycles. The van der Waals surface area contributed by atoms with Gasteiger partial charge in [0.15, 0.2) is 0 Å². The molecule has 2 aromatic heterocycles. The molecule has 0 amide bonds. The van der Waals surface area contributed by atoms with Gasteiger partial charge in [0.05, 0.1) is 10.6 Å². The lowest BCUT2D eigenvalue weighted by Gasteiger charge is -2.23. The van der Waals surface area contributed by atoms with Crippen LogP contribution in [0.3, 0.4) is 0 Å². The molecular weight excluding hydrogens is 484 g/mol. The fraction of sp³-hybridized carbons (Fsp3) is 0.125. The van der Waals surface area contributed by atoms with Gasteiger partial charge in [0.2, 0.25) is 5.95 Å². The number of benzene rings is 2. The Hall–Kier alpha value is -3.85. The van der Waals surface area contributed by atoms with Crippen molar-refractivity contribution < 1.29 is 4.92 Å². The summed E-state index contributed by atoms with van der Waals surface area (Å²) >= 11 is 3.53. The summed E-state index contributed by atoms with van der Waals surface area (Å²) in [6, 6.07) is 23.7. The van der Waals surface area contributed by atoms with Crippen LogP contribution in [-0.4, -0.2) is 33.0 Å². The summed E-state index contributed by atoms with van der Waals surface area (Å²) in [7, 11) is 0. The Morgan fingerprint density at radius 1 is 1.09 bits per heavy atom. The van der Waals surface area contributed by atoms with E-state index in [2.05, 4.69) is 54.3 Å². The smallest absolute Gasteiger partial charge is 0.287 e. The van der Waals surface area contributed by atoms with E-state index in [0.717, 1.165) is 21.3 Å². The maximum absolute atomic E-state index is 10.8. The van der Waals surface area contributed by atoms with E-state index in [0.29, 0.717) is 31.4 Å². The third-order valence-corrected chi connectivity index (χ3v) is 5.34. The molecule has 4 rings (SSSR count). The number of nitrogens with zero attached hydrogens (tertiary/aromatic N) is 5. The first-order valence-electron chi connectivity index (χ1n) is 10.2. The van der Waals surface area contributed by atoms with E-state index in [1.54, 1.807) is 12.3 Å². The lowest BCUT2D eigenvalue weighted by Crippen LogP contribution is -2.30. The molecule has 0 bridgehead atoms. The molecule has 2 aromatic carbocycles. The molecule has 0 fully saturated rings. The largest absolute Gasteiger partial charge is 0.368 e. The highest BCUT2D eigenvalue weighted by Gasteiger charge is 2.13. The van der Waals surface area contributed by atoms with E-state index in [1.807, 2.05) is 42.5 Å². The predicted octanol–water partition coefficient (Wildman–Crippen LogP) is 5.13. The Labute approximate surface area is 199 Å². The number of aromatic nitrogens is 3. The van der Waals surface area contributed by atoms with E-state index in [-0.39, 0.29) is 5.69 Å². The lowest BCUT2D eigenvalue weighted by molar-refractivity contribution is -0.385. The van der Waals surface area contributed by atoms with Crippen LogP contribution in [0.2, 0.25) is 0 Å². The molecule has 0 saturated heterocycles. The van der Waals surface area contributed by atoms with Gasteiger partial charge in [-0.25, -0.2) is 15.0 Å². The number of hydrogen-bond acceptors (Lipinski definition) is 7. The summed E-state index contributed by atoms with van der Waals surface area (Å²) < 4.78 is 1.00. The van der Waals surface area contributed by atoms with Crippen molar-refractivity contribution in [1.29, 1.82) is 0 Å². The van der Waals surface area contributed by atoms with Crippen LogP contribution in [-0.2, 0) is 6.54 Å². The van der Waals surface area contributed by atoms with E-state index < -0.39 is 4.92 Å². The summed E-state index contributed by atoms with van der Waals surface area (Å²) in [4.78, 5) is 25.8. The minimum atomic E-state index is -0.467. The molecule has 0 aliphatic carbocycles. The highest BCUT2D eigenvalue weighted by molar-refractivity contribution is 9.10. The lowest BCUT2D eigenvalue weighted by atomic mass is 10.1. The number of nitro groups is 1. The average Bonchev–Trinajstić information content (AvgIpc) is 2.84. The van der Waals surface area contributed by atoms with Crippen molar-refractivity contribution in [3.05, 3.63) is 105 Å². The van der Waals surface area contributed by atoms with Crippen LogP contribution in [0.15, 0.2) is 83.6 Å². The fourth-order valence-electron chi connectivity index (χ4n) is 3.24. The van der Waals surface area contributed by atoms with Gasteiger partial charge in [-0.15, -0.1) is 0 Å². The van der Waals surface area contributed by atoms with Crippen molar-refractivity contribution in [3.8, 4) is 11.3 Å². The Balaban J connectivity index is 1.52. The van der Waals surface area contributed by atoms with E-state index in [4.69, 9.17) is 4.98 Å². The number of halogens is 1. The summed E-state index contributed by atoms with van der Waals surface area (Å²) in [5.74, 6) is 1.18. The minimum Gasteiger partial charge on any atom is -0.368 e. The van der Waals surface area contributed by atoms with Crippen LogP contribution in [0, 0.1) is 16.2 Å². The molecular formula is C24H20BrN6O2. The number of pyridine rings is 1. The van der Waals surface area contributed by atoms with Gasteiger partial charge >= 0.3 is 0 Å². The molecule has 9 heteroatoms. The van der Waals surface area contributed by atoms with Gasteiger partial charge in [0.1, 0.15) is 12.0 Å². The summed E-state index contributed by atoms with van der Waals surface area (Å²) in [5, 5.41) is 14.0. The second-order valence-corrected chi connectivity index (χ2v) is 8.08. The second-order valence-electron chi connectivity index (χ2n) is 7.17. The summed E-state index contributed by atoms with van der Waals surface area (Å²) in [6.45, 7) is 1.75. The van der Waals surface area contributed by atoms with Crippen molar-refractivity contribution in [2.75, 3.05) is 23.3 Å². The third kappa shape index (κ3) is 6.11. The Bertz CT molecular complexity index is 1220. The van der Waals surface area contributed by atoms with Crippen LogP contribution in [0.25, 0.3) is 11.3 Å². The monoisotopic (exact) mass is 503 g/mol. The molecule has 0 aliphatic heterocycles. The minimum absolute atomic E-state index is 0.0412. The number of rotatable bonds is 9. The molecule has 8 nitrogen and oxygen atoms in total. The first-order valence-corrected chi connectivity index (χ1v) is 11.0. The molecule has 0 spiro atoms. The maximum Gasteiger partial charge on any atom is 0.287 e. The molecule has 0 aliphatic rings. The van der Waals surface area contributed by atoms with Crippen molar-refractivity contribution in [2.45, 2.75) is 6.54 Å². The van der Waals surface area contributed by atoms with Crippen molar-refractivity contribution in [1.82, 2.24) is 15.0 Å². The first-order chi connectivity index (χ1) is 16.1. The third-order valence-electron chi connectivity index (χ3n) is 4.85. The zero-order valence-corrected chi connectivity index (χ0v) is 19.1. The van der Waals surface area contributed by atoms with Crippen molar-refractivity contribution >= 4 is 33.4 Å². The van der Waals surface area contributed by atoms with Crippen molar-refractivity contribution in [3.63, 3.8) is 0 Å². The highest BCUT2D eigenvalue weighted by atomic mass is 79.9. The number of nitrogens with one attached hydrogen (secondary N) is 1. The maximum atomic E-state index is 10.8. The van der Waals surface area contributed by atoms with E-state index >= 15 is 0 Å². The SMILES string of the molecule is O=[N+]([O-])c1ccc(NCCN(Cc2cccc(Br)c2)c2nccc(-c3cc[c]cc3)n2)nc1. The van der Waals surface area contributed by atoms with Gasteiger partial charge in [-0.05, 0) is 35.9 Å². The van der Waals surface area contributed by atoms with E-state index in [1.165, 1.54) is 12.3 Å². The van der Waals surface area contributed by atoms with Gasteiger partial charge in [0.25, 0.3) is 5.69 Å². The van der Waals surface area contributed by atoms with E-state index in [9.17, 15) is 10.1 Å². The molecule has 0 atom stereocenters. The molecule has 33 heavy (non-hydrogen) atoms. The van der Waals surface area contributed by atoms with Crippen LogP contribution >= 0.6 is 15.9 Å². The Morgan fingerprint density at radius 3 is 2.67 bits per heavy atom. The Morgan fingerprint density at radius 2 is 1.94 bits per heavy atom. The van der Waals surface area contributed by atoms with Crippen LogP contribution < -0.4 is 10.2 Å². The molecule has 1 radical (unpaired) electrons. The van der Waals surface area contributed by atoms with Crippen LogP contribution in [0.1, 0.15) is 5.56 Å². The highest BCUT2D eigenvalue weighted by Crippen LogP contribution is 2.21. The molecule has 165 valence electrons. The zero-order chi connectivity index (χ0) is 23.0. The predicted molar refractivity (Wildman–Crippen MR) is 131 cm³/mol. The van der Waals surface area contributed by atoms with Crippen molar-refractivity contribution in [2.24, 2.45) is 0 Å². The van der Waals surface area contributed by atoms with Crippen LogP contribution in [0.5, 0.6) is 0 Å². The average molecular weight is 504 g/mol. The second kappa shape index (κ2) is 10.6. The van der Waals surface area contributed by atoms with Gasteiger partial charge in [-0.1, -0.05) is 52.3 Å². The molecule has 0 unspecified atom stereocenters. The molecule has 1 N–H and O–H groups in total. The first kappa shape index (κ1) is 22.3. The van der Waals surface area contributed by atoms with Gasteiger partial charge in [-0.3, -0.25) is 10.1 Å². The quantitative estimate of drug-likeness (QED) is 0.249. The number of anilines is 2. The van der Waals surface area contributed by atoms with Gasteiger partial charge < -0.3 is 10.2 Å². The van der Waals surface area contributed by atoms with Gasteiger partial charge in [-0.2, -0.15) is 0 Å².